The van der Waals surface area contributed by atoms with Crippen LogP contribution in [0.25, 0.3) is 0 Å². The minimum atomic E-state index is -0.113. The van der Waals surface area contributed by atoms with Crippen molar-refractivity contribution in [2.75, 3.05) is 6.54 Å². The molecule has 0 bridgehead atoms. The van der Waals surface area contributed by atoms with Gasteiger partial charge in [0.25, 0.3) is 0 Å². The maximum Gasteiger partial charge on any atom is 0.314 e. The van der Waals surface area contributed by atoms with Gasteiger partial charge in [-0.2, -0.15) is 0 Å². The molecule has 5 heteroatoms. The third-order valence-corrected chi connectivity index (χ3v) is 4.11. The standard InChI is InChI=1S/C13H23N3O2/c1-7(2)15-13(18)14-6-10-8(3)4-11-9(10)5-12(17)16-11/h7-11H,4-6H2,1-3H3,(H,16,17)(H2,14,15,18)/t8-,9-,10+,11+/m0/s1. The van der Waals surface area contributed by atoms with Gasteiger partial charge in [0.1, 0.15) is 0 Å². The fourth-order valence-electron chi connectivity index (χ4n) is 3.29. The molecular weight excluding hydrogens is 230 g/mol. The van der Waals surface area contributed by atoms with Crippen molar-refractivity contribution in [1.29, 1.82) is 0 Å². The van der Waals surface area contributed by atoms with Crippen LogP contribution in [-0.2, 0) is 4.79 Å². The van der Waals surface area contributed by atoms with Gasteiger partial charge in [0.2, 0.25) is 5.91 Å². The van der Waals surface area contributed by atoms with Crippen molar-refractivity contribution in [3.8, 4) is 0 Å². The lowest BCUT2D eigenvalue weighted by atomic mass is 9.88. The second kappa shape index (κ2) is 5.16. The van der Waals surface area contributed by atoms with E-state index in [1.54, 1.807) is 0 Å². The Morgan fingerprint density at radius 3 is 2.89 bits per heavy atom. The molecule has 1 saturated heterocycles. The first-order valence-electron chi connectivity index (χ1n) is 6.81. The monoisotopic (exact) mass is 253 g/mol. The van der Waals surface area contributed by atoms with Crippen LogP contribution in [0.2, 0.25) is 0 Å². The van der Waals surface area contributed by atoms with E-state index in [-0.39, 0.29) is 18.0 Å². The van der Waals surface area contributed by atoms with Gasteiger partial charge in [-0.1, -0.05) is 6.92 Å². The molecule has 0 aromatic heterocycles. The van der Waals surface area contributed by atoms with Crippen molar-refractivity contribution in [2.45, 2.75) is 45.7 Å². The molecule has 18 heavy (non-hydrogen) atoms. The smallest absolute Gasteiger partial charge is 0.314 e. The molecule has 102 valence electrons. The Hall–Kier alpha value is -1.26. The predicted octanol–water partition coefficient (Wildman–Crippen LogP) is 0.855. The summed E-state index contributed by atoms with van der Waals surface area (Å²) < 4.78 is 0. The highest BCUT2D eigenvalue weighted by Crippen LogP contribution is 2.41. The zero-order chi connectivity index (χ0) is 13.3. The maximum atomic E-state index is 11.6. The zero-order valence-corrected chi connectivity index (χ0v) is 11.3. The lowest BCUT2D eigenvalue weighted by Gasteiger charge is -2.21. The van der Waals surface area contributed by atoms with E-state index in [1.165, 1.54) is 0 Å². The summed E-state index contributed by atoms with van der Waals surface area (Å²) >= 11 is 0. The lowest BCUT2D eigenvalue weighted by Crippen LogP contribution is -2.42. The Morgan fingerprint density at radius 1 is 1.50 bits per heavy atom. The van der Waals surface area contributed by atoms with Gasteiger partial charge < -0.3 is 16.0 Å². The molecule has 1 saturated carbocycles. The van der Waals surface area contributed by atoms with Gasteiger partial charge in [-0.05, 0) is 38.0 Å². The van der Waals surface area contributed by atoms with Crippen molar-refractivity contribution in [1.82, 2.24) is 16.0 Å². The number of carbonyl (C=O) groups excluding carboxylic acids is 2. The summed E-state index contributed by atoms with van der Waals surface area (Å²) in [5.74, 6) is 1.52. The van der Waals surface area contributed by atoms with Gasteiger partial charge in [0.15, 0.2) is 0 Å². The highest BCUT2D eigenvalue weighted by molar-refractivity contribution is 5.79. The summed E-state index contributed by atoms with van der Waals surface area (Å²) in [6, 6.07) is 0.360. The third-order valence-electron chi connectivity index (χ3n) is 4.11. The van der Waals surface area contributed by atoms with Gasteiger partial charge in [-0.3, -0.25) is 4.79 Å². The van der Waals surface area contributed by atoms with E-state index in [1.807, 2.05) is 13.8 Å². The van der Waals surface area contributed by atoms with E-state index in [2.05, 4.69) is 22.9 Å². The van der Waals surface area contributed by atoms with Gasteiger partial charge in [-0.25, -0.2) is 4.79 Å². The number of rotatable bonds is 3. The van der Waals surface area contributed by atoms with Crippen molar-refractivity contribution in [2.24, 2.45) is 17.8 Å². The SMILES string of the molecule is CC(C)NC(=O)NC[C@H]1[C@@H]2CC(=O)N[C@@H]2C[C@@H]1C. The average molecular weight is 253 g/mol. The molecule has 2 fully saturated rings. The Kier molecular flexibility index (Phi) is 3.78. The molecular formula is C13H23N3O2. The molecule has 0 spiro atoms. The number of amides is 3. The van der Waals surface area contributed by atoms with Crippen LogP contribution in [0.4, 0.5) is 4.79 Å². The molecule has 2 rings (SSSR count). The molecule has 1 aliphatic carbocycles. The van der Waals surface area contributed by atoms with E-state index in [9.17, 15) is 9.59 Å². The van der Waals surface area contributed by atoms with Crippen LogP contribution in [-0.4, -0.2) is 30.6 Å². The molecule has 0 radical (unpaired) electrons. The van der Waals surface area contributed by atoms with Crippen molar-refractivity contribution >= 4 is 11.9 Å². The van der Waals surface area contributed by atoms with Crippen LogP contribution in [0, 0.1) is 17.8 Å². The number of hydrogen-bond acceptors (Lipinski definition) is 2. The number of fused-ring (bicyclic) bond motifs is 1. The van der Waals surface area contributed by atoms with E-state index in [4.69, 9.17) is 0 Å². The van der Waals surface area contributed by atoms with Crippen LogP contribution >= 0.6 is 0 Å². The highest BCUT2D eigenvalue weighted by Gasteiger charge is 2.46. The first-order valence-corrected chi connectivity index (χ1v) is 6.81. The molecule has 0 aromatic rings. The second-order valence-electron chi connectivity index (χ2n) is 5.93. The minimum Gasteiger partial charge on any atom is -0.353 e. The van der Waals surface area contributed by atoms with Crippen molar-refractivity contribution in [3.63, 3.8) is 0 Å². The summed E-state index contributed by atoms with van der Waals surface area (Å²) in [5.41, 5.74) is 0. The maximum absolute atomic E-state index is 11.6. The first-order chi connectivity index (χ1) is 8.47. The van der Waals surface area contributed by atoms with Gasteiger partial charge >= 0.3 is 6.03 Å². The van der Waals surface area contributed by atoms with Gasteiger partial charge in [0.05, 0.1) is 0 Å². The molecule has 1 heterocycles. The molecule has 4 atom stereocenters. The number of urea groups is 1. The fourth-order valence-corrected chi connectivity index (χ4v) is 3.29. The quantitative estimate of drug-likeness (QED) is 0.698. The predicted molar refractivity (Wildman–Crippen MR) is 69.0 cm³/mol. The Labute approximate surface area is 108 Å². The van der Waals surface area contributed by atoms with E-state index >= 15 is 0 Å². The largest absolute Gasteiger partial charge is 0.353 e. The van der Waals surface area contributed by atoms with E-state index in [0.717, 1.165) is 6.42 Å². The lowest BCUT2D eigenvalue weighted by molar-refractivity contribution is -0.119. The Bertz CT molecular complexity index is 343. The summed E-state index contributed by atoms with van der Waals surface area (Å²) in [6.45, 7) is 6.74. The number of nitrogens with one attached hydrogen (secondary N) is 3. The minimum absolute atomic E-state index is 0.113. The average Bonchev–Trinajstić information content (AvgIpc) is 2.70. The van der Waals surface area contributed by atoms with Crippen LogP contribution in [0.15, 0.2) is 0 Å². The van der Waals surface area contributed by atoms with Crippen molar-refractivity contribution in [3.05, 3.63) is 0 Å². The fraction of sp³-hybridized carbons (Fsp3) is 0.846. The van der Waals surface area contributed by atoms with E-state index < -0.39 is 0 Å². The second-order valence-corrected chi connectivity index (χ2v) is 5.93. The molecule has 3 N–H and O–H groups in total. The zero-order valence-electron chi connectivity index (χ0n) is 11.3. The summed E-state index contributed by atoms with van der Waals surface area (Å²) in [6.07, 6.45) is 1.65. The van der Waals surface area contributed by atoms with Crippen molar-refractivity contribution < 1.29 is 9.59 Å². The highest BCUT2D eigenvalue weighted by atomic mass is 16.2. The summed E-state index contributed by atoms with van der Waals surface area (Å²) in [5, 5.41) is 8.77. The summed E-state index contributed by atoms with van der Waals surface area (Å²) in [4.78, 5) is 23.0. The normalized spacial score (nSPS) is 34.3. The first kappa shape index (κ1) is 13.2. The molecule has 5 nitrogen and oxygen atoms in total. The molecule has 2 aliphatic rings. The van der Waals surface area contributed by atoms with Gasteiger partial charge in [-0.15, -0.1) is 0 Å². The molecule has 0 aromatic carbocycles. The van der Waals surface area contributed by atoms with Crippen LogP contribution < -0.4 is 16.0 Å². The number of carbonyl (C=O) groups is 2. The number of hydrogen-bond donors (Lipinski definition) is 3. The Morgan fingerprint density at radius 2 is 2.22 bits per heavy atom. The molecule has 1 aliphatic heterocycles. The molecule has 3 amide bonds. The van der Waals surface area contributed by atoms with E-state index in [0.29, 0.717) is 36.8 Å². The molecule has 0 unspecified atom stereocenters. The van der Waals surface area contributed by atoms with Gasteiger partial charge in [0, 0.05) is 25.0 Å². The topological polar surface area (TPSA) is 70.2 Å². The summed E-state index contributed by atoms with van der Waals surface area (Å²) in [7, 11) is 0. The van der Waals surface area contributed by atoms with Crippen LogP contribution in [0.5, 0.6) is 0 Å². The Balaban J connectivity index is 1.85. The van der Waals surface area contributed by atoms with Crippen LogP contribution in [0.3, 0.4) is 0 Å². The van der Waals surface area contributed by atoms with Crippen LogP contribution in [0.1, 0.15) is 33.6 Å². The third kappa shape index (κ3) is 2.76.